The lowest BCUT2D eigenvalue weighted by atomic mass is 9.81. The van der Waals surface area contributed by atoms with Crippen molar-refractivity contribution in [1.29, 1.82) is 0 Å². The molecule has 28 heavy (non-hydrogen) atoms. The van der Waals surface area contributed by atoms with Gasteiger partial charge in [0.1, 0.15) is 0 Å². The van der Waals surface area contributed by atoms with Crippen molar-refractivity contribution in [3.8, 4) is 0 Å². The van der Waals surface area contributed by atoms with Gasteiger partial charge in [-0.1, -0.05) is 67.8 Å². The van der Waals surface area contributed by atoms with E-state index in [1.807, 2.05) is 36.4 Å². The molecule has 0 saturated carbocycles. The molecular formula is C24H23NO3. The van der Waals surface area contributed by atoms with Crippen LogP contribution in [-0.2, 0) is 16.0 Å². The van der Waals surface area contributed by atoms with Crippen LogP contribution in [0.5, 0.6) is 0 Å². The van der Waals surface area contributed by atoms with Gasteiger partial charge in [-0.2, -0.15) is 0 Å². The van der Waals surface area contributed by atoms with Crippen LogP contribution in [0.2, 0.25) is 0 Å². The molecule has 4 heteroatoms. The molecule has 1 aliphatic rings. The summed E-state index contributed by atoms with van der Waals surface area (Å²) in [5, 5.41) is 0. The number of benzene rings is 2. The minimum absolute atomic E-state index is 0.216. The highest BCUT2D eigenvalue weighted by Crippen LogP contribution is 2.35. The molecule has 0 N–H and O–H groups in total. The second-order valence-corrected chi connectivity index (χ2v) is 6.74. The first kappa shape index (κ1) is 19.4. The maximum atomic E-state index is 13.4. The smallest absolute Gasteiger partial charge is 0.336 e. The van der Waals surface area contributed by atoms with Crippen LogP contribution in [0.1, 0.15) is 15.9 Å². The van der Waals surface area contributed by atoms with Crippen molar-refractivity contribution >= 4 is 11.9 Å². The lowest BCUT2D eigenvalue weighted by molar-refractivity contribution is -0.150. The number of carbonyl (C=O) groups excluding carboxylic acids is 2. The average molecular weight is 373 g/mol. The van der Waals surface area contributed by atoms with E-state index in [0.717, 1.165) is 16.7 Å². The molecule has 1 amide bonds. The summed E-state index contributed by atoms with van der Waals surface area (Å²) in [4.78, 5) is 28.0. The van der Waals surface area contributed by atoms with Gasteiger partial charge in [0.15, 0.2) is 5.54 Å². The van der Waals surface area contributed by atoms with Crippen molar-refractivity contribution in [2.45, 2.75) is 12.0 Å². The fourth-order valence-electron chi connectivity index (χ4n) is 3.52. The quantitative estimate of drug-likeness (QED) is 0.745. The molecular weight excluding hydrogens is 350 g/mol. The molecule has 0 fully saturated rings. The Labute approximate surface area is 165 Å². The van der Waals surface area contributed by atoms with E-state index in [0.29, 0.717) is 12.0 Å². The van der Waals surface area contributed by atoms with Crippen LogP contribution in [0.15, 0.2) is 97.1 Å². The predicted molar refractivity (Wildman–Crippen MR) is 110 cm³/mol. The number of nitrogens with zero attached hydrogens (tertiary/aromatic N) is 1. The Morgan fingerprint density at radius 1 is 1.11 bits per heavy atom. The van der Waals surface area contributed by atoms with E-state index in [1.165, 1.54) is 7.11 Å². The fraction of sp³-hybridized carbons (Fsp3) is 0.167. The number of methoxy groups -OCH3 is 1. The highest BCUT2D eigenvalue weighted by atomic mass is 16.5. The second kappa shape index (κ2) is 8.09. The molecule has 3 rings (SSSR count). The Balaban J connectivity index is 2.17. The first-order chi connectivity index (χ1) is 13.5. The fourth-order valence-corrected chi connectivity index (χ4v) is 3.52. The monoisotopic (exact) mass is 373 g/mol. The third-order valence-electron chi connectivity index (χ3n) is 4.97. The molecule has 142 valence electrons. The number of rotatable bonds is 5. The van der Waals surface area contributed by atoms with Gasteiger partial charge in [0.2, 0.25) is 0 Å². The van der Waals surface area contributed by atoms with Crippen LogP contribution in [0.25, 0.3) is 0 Å². The SMILES string of the molecule is C=CC1=CC(Cc2ccccc2)(C(=O)OC)N(C(=O)c2ccccc2)CC1=C. The molecule has 1 unspecified atom stereocenters. The van der Waals surface area contributed by atoms with Gasteiger partial charge in [0, 0.05) is 18.5 Å². The van der Waals surface area contributed by atoms with Crippen LogP contribution in [0.3, 0.4) is 0 Å². The largest absolute Gasteiger partial charge is 0.467 e. The third-order valence-corrected chi connectivity index (χ3v) is 4.97. The molecule has 0 bridgehead atoms. The average Bonchev–Trinajstić information content (AvgIpc) is 2.75. The summed E-state index contributed by atoms with van der Waals surface area (Å²) in [6, 6.07) is 18.5. The summed E-state index contributed by atoms with van der Waals surface area (Å²) in [5.41, 5.74) is 1.62. The molecule has 0 radical (unpaired) electrons. The number of amides is 1. The van der Waals surface area contributed by atoms with Crippen molar-refractivity contribution in [2.24, 2.45) is 0 Å². The number of carbonyl (C=O) groups is 2. The number of allylic oxidation sites excluding steroid dienone is 1. The van der Waals surface area contributed by atoms with E-state index in [9.17, 15) is 9.59 Å². The minimum Gasteiger partial charge on any atom is -0.467 e. The van der Waals surface area contributed by atoms with E-state index < -0.39 is 11.5 Å². The van der Waals surface area contributed by atoms with Gasteiger partial charge in [0.25, 0.3) is 5.91 Å². The van der Waals surface area contributed by atoms with E-state index in [-0.39, 0.29) is 12.5 Å². The minimum atomic E-state index is -1.28. The first-order valence-corrected chi connectivity index (χ1v) is 9.04. The molecule has 0 aromatic heterocycles. The van der Waals surface area contributed by atoms with E-state index >= 15 is 0 Å². The van der Waals surface area contributed by atoms with Gasteiger partial charge < -0.3 is 9.64 Å². The molecule has 0 saturated heterocycles. The van der Waals surface area contributed by atoms with Crippen LogP contribution < -0.4 is 0 Å². The van der Waals surface area contributed by atoms with Crippen LogP contribution in [-0.4, -0.2) is 36.0 Å². The Hall–Kier alpha value is -3.40. The Morgan fingerprint density at radius 2 is 1.71 bits per heavy atom. The van der Waals surface area contributed by atoms with Gasteiger partial charge in [-0.05, 0) is 34.9 Å². The zero-order valence-corrected chi connectivity index (χ0v) is 15.9. The summed E-state index contributed by atoms with van der Waals surface area (Å²) in [6.07, 6.45) is 3.71. The van der Waals surface area contributed by atoms with Crippen molar-refractivity contribution in [3.63, 3.8) is 0 Å². The Morgan fingerprint density at radius 3 is 2.29 bits per heavy atom. The lowest BCUT2D eigenvalue weighted by Gasteiger charge is -2.43. The van der Waals surface area contributed by atoms with Crippen molar-refractivity contribution in [3.05, 3.63) is 108 Å². The van der Waals surface area contributed by atoms with Gasteiger partial charge in [0.05, 0.1) is 7.11 Å². The van der Waals surface area contributed by atoms with Gasteiger partial charge in [-0.15, -0.1) is 0 Å². The zero-order valence-electron chi connectivity index (χ0n) is 15.9. The highest BCUT2D eigenvalue weighted by molar-refractivity contribution is 6.00. The van der Waals surface area contributed by atoms with E-state index in [2.05, 4.69) is 13.2 Å². The third kappa shape index (κ3) is 3.54. The van der Waals surface area contributed by atoms with Crippen LogP contribution in [0, 0.1) is 0 Å². The number of ether oxygens (including phenoxy) is 1. The summed E-state index contributed by atoms with van der Waals surface area (Å²) < 4.78 is 5.17. The summed E-state index contributed by atoms with van der Waals surface area (Å²) in [7, 11) is 1.34. The lowest BCUT2D eigenvalue weighted by Crippen LogP contribution is -2.60. The molecule has 4 nitrogen and oxygen atoms in total. The van der Waals surface area contributed by atoms with E-state index in [1.54, 1.807) is 41.3 Å². The van der Waals surface area contributed by atoms with Crippen LogP contribution in [0.4, 0.5) is 0 Å². The molecule has 0 aliphatic carbocycles. The molecule has 2 aromatic carbocycles. The molecule has 1 aliphatic heterocycles. The van der Waals surface area contributed by atoms with Crippen LogP contribution >= 0.6 is 0 Å². The predicted octanol–water partition coefficient (Wildman–Crippen LogP) is 3.97. The second-order valence-electron chi connectivity index (χ2n) is 6.74. The Kier molecular flexibility index (Phi) is 5.59. The van der Waals surface area contributed by atoms with Gasteiger partial charge in [-0.25, -0.2) is 4.79 Å². The van der Waals surface area contributed by atoms with Gasteiger partial charge >= 0.3 is 5.97 Å². The topological polar surface area (TPSA) is 46.6 Å². The van der Waals surface area contributed by atoms with Crippen molar-refractivity contribution in [2.75, 3.05) is 13.7 Å². The number of esters is 1. The van der Waals surface area contributed by atoms with E-state index in [4.69, 9.17) is 4.74 Å². The Bertz CT molecular complexity index is 931. The zero-order chi connectivity index (χ0) is 20.1. The number of hydrogen-bond donors (Lipinski definition) is 0. The summed E-state index contributed by atoms with van der Waals surface area (Å²) >= 11 is 0. The first-order valence-electron chi connectivity index (χ1n) is 9.04. The standard InChI is InChI=1S/C24H23NO3/c1-4-20-16-24(23(27)28-3,15-19-11-7-5-8-12-19)25(17-18(20)2)22(26)21-13-9-6-10-14-21/h4-14,16H,1-2,15,17H2,3H3. The summed E-state index contributed by atoms with van der Waals surface area (Å²) in [5.74, 6) is -0.741. The normalized spacial score (nSPS) is 19.0. The molecule has 0 spiro atoms. The van der Waals surface area contributed by atoms with Crippen molar-refractivity contribution < 1.29 is 14.3 Å². The molecule has 2 aromatic rings. The van der Waals surface area contributed by atoms with Crippen molar-refractivity contribution in [1.82, 2.24) is 4.90 Å². The maximum absolute atomic E-state index is 13.4. The molecule has 1 heterocycles. The molecule has 1 atom stereocenters. The van der Waals surface area contributed by atoms with Gasteiger partial charge in [-0.3, -0.25) is 4.79 Å². The number of hydrogen-bond acceptors (Lipinski definition) is 3. The maximum Gasteiger partial charge on any atom is 0.336 e. The summed E-state index contributed by atoms with van der Waals surface area (Å²) in [6.45, 7) is 8.12. The highest BCUT2D eigenvalue weighted by Gasteiger charge is 2.48.